The fraction of sp³-hybridized carbons (Fsp3) is 0.500. The van der Waals surface area contributed by atoms with Gasteiger partial charge in [0.2, 0.25) is 5.91 Å². The van der Waals surface area contributed by atoms with Crippen LogP contribution in [-0.4, -0.2) is 43.3 Å². The van der Waals surface area contributed by atoms with E-state index in [1.54, 1.807) is 7.11 Å². The summed E-state index contributed by atoms with van der Waals surface area (Å²) >= 11 is 0. The van der Waals surface area contributed by atoms with Crippen molar-refractivity contribution in [2.45, 2.75) is 19.8 Å². The third-order valence-electron chi connectivity index (χ3n) is 3.84. The van der Waals surface area contributed by atoms with Crippen molar-refractivity contribution in [2.75, 3.05) is 32.1 Å². The van der Waals surface area contributed by atoms with E-state index in [1.165, 1.54) is 0 Å². The first-order valence-electron chi connectivity index (χ1n) is 7.31. The van der Waals surface area contributed by atoms with Crippen molar-refractivity contribution in [1.82, 2.24) is 4.90 Å². The summed E-state index contributed by atoms with van der Waals surface area (Å²) in [7, 11) is 1.61. The highest BCUT2D eigenvalue weighted by Gasteiger charge is 2.26. The number of nitrogens with one attached hydrogen (secondary N) is 1. The number of piperidine rings is 1. The number of methoxy groups -OCH3 is 1. The molecule has 0 saturated carbocycles. The molecule has 0 bridgehead atoms. The van der Waals surface area contributed by atoms with Gasteiger partial charge in [-0.05, 0) is 30.7 Å². The minimum atomic E-state index is -0.0515. The number of ether oxygens (including phenoxy) is 1. The van der Waals surface area contributed by atoms with Gasteiger partial charge >= 0.3 is 0 Å². The van der Waals surface area contributed by atoms with Crippen LogP contribution in [0.5, 0.6) is 5.75 Å². The standard InChI is InChI=1S/C16H22N2O3/c1-3-12-10-18(9-8-15(12)19)11-16(20)17-13-4-6-14(21-2)7-5-13/h4-7,12H,3,8-11H2,1-2H3,(H,17,20). The maximum Gasteiger partial charge on any atom is 0.238 e. The van der Waals surface area contributed by atoms with Crippen molar-refractivity contribution < 1.29 is 14.3 Å². The van der Waals surface area contributed by atoms with E-state index >= 15 is 0 Å². The Labute approximate surface area is 125 Å². The largest absolute Gasteiger partial charge is 0.497 e. The van der Waals surface area contributed by atoms with Gasteiger partial charge in [0, 0.05) is 31.1 Å². The molecule has 1 aromatic carbocycles. The fourth-order valence-corrected chi connectivity index (χ4v) is 2.56. The van der Waals surface area contributed by atoms with E-state index in [2.05, 4.69) is 10.2 Å². The molecule has 0 radical (unpaired) electrons. The molecule has 1 aromatic rings. The second kappa shape index (κ2) is 7.22. The molecular weight excluding hydrogens is 268 g/mol. The molecule has 0 aliphatic carbocycles. The van der Waals surface area contributed by atoms with Crippen molar-refractivity contribution in [3.63, 3.8) is 0 Å². The molecule has 1 fully saturated rings. The van der Waals surface area contributed by atoms with Crippen LogP contribution in [0.15, 0.2) is 24.3 Å². The third kappa shape index (κ3) is 4.29. The lowest BCUT2D eigenvalue weighted by atomic mass is 9.94. The average molecular weight is 290 g/mol. The van der Waals surface area contributed by atoms with Crippen LogP contribution in [-0.2, 0) is 9.59 Å². The molecule has 0 aromatic heterocycles. The number of nitrogens with zero attached hydrogens (tertiary/aromatic N) is 1. The monoisotopic (exact) mass is 290 g/mol. The highest BCUT2D eigenvalue weighted by molar-refractivity contribution is 5.92. The smallest absolute Gasteiger partial charge is 0.238 e. The van der Waals surface area contributed by atoms with E-state index in [-0.39, 0.29) is 11.8 Å². The Morgan fingerprint density at radius 2 is 2.10 bits per heavy atom. The lowest BCUT2D eigenvalue weighted by Crippen LogP contribution is -2.44. The zero-order valence-electron chi connectivity index (χ0n) is 12.6. The Morgan fingerprint density at radius 3 is 2.71 bits per heavy atom. The van der Waals surface area contributed by atoms with Crippen LogP contribution in [0.3, 0.4) is 0 Å². The molecule has 1 unspecified atom stereocenters. The maximum atomic E-state index is 12.0. The number of Topliss-reactive ketones (excluding diaryl/α,β-unsaturated/α-hetero) is 1. The minimum Gasteiger partial charge on any atom is -0.497 e. The summed E-state index contributed by atoms with van der Waals surface area (Å²) in [5.41, 5.74) is 0.751. The molecule has 1 aliphatic heterocycles. The molecule has 114 valence electrons. The fourth-order valence-electron chi connectivity index (χ4n) is 2.56. The van der Waals surface area contributed by atoms with E-state index in [9.17, 15) is 9.59 Å². The molecule has 1 amide bonds. The zero-order chi connectivity index (χ0) is 15.2. The number of amides is 1. The maximum absolute atomic E-state index is 12.0. The first kappa shape index (κ1) is 15.5. The van der Waals surface area contributed by atoms with Crippen LogP contribution >= 0.6 is 0 Å². The minimum absolute atomic E-state index is 0.0515. The molecule has 1 atom stereocenters. The first-order valence-corrected chi connectivity index (χ1v) is 7.31. The lowest BCUT2D eigenvalue weighted by molar-refractivity contribution is -0.128. The number of rotatable bonds is 5. The molecule has 5 heteroatoms. The van der Waals surface area contributed by atoms with Gasteiger partial charge in [-0.2, -0.15) is 0 Å². The molecule has 5 nitrogen and oxygen atoms in total. The van der Waals surface area contributed by atoms with Crippen molar-refractivity contribution in [3.8, 4) is 5.75 Å². The molecule has 1 heterocycles. The molecule has 0 spiro atoms. The van der Waals surface area contributed by atoms with Crippen LogP contribution < -0.4 is 10.1 Å². The Bertz CT molecular complexity index is 499. The number of benzene rings is 1. The van der Waals surface area contributed by atoms with E-state index in [0.717, 1.165) is 17.9 Å². The predicted molar refractivity (Wildman–Crippen MR) is 81.5 cm³/mol. The van der Waals surface area contributed by atoms with Crippen LogP contribution in [0, 0.1) is 5.92 Å². The summed E-state index contributed by atoms with van der Waals surface area (Å²) in [6, 6.07) is 7.24. The topological polar surface area (TPSA) is 58.6 Å². The number of hydrogen-bond donors (Lipinski definition) is 1. The summed E-state index contributed by atoms with van der Waals surface area (Å²) in [6.45, 7) is 3.70. The van der Waals surface area contributed by atoms with Gasteiger partial charge in [-0.3, -0.25) is 14.5 Å². The van der Waals surface area contributed by atoms with Gasteiger partial charge in [0.25, 0.3) is 0 Å². The third-order valence-corrected chi connectivity index (χ3v) is 3.84. The second-order valence-electron chi connectivity index (χ2n) is 5.33. The quantitative estimate of drug-likeness (QED) is 0.900. The van der Waals surface area contributed by atoms with Crippen LogP contribution in [0.4, 0.5) is 5.69 Å². The first-order chi connectivity index (χ1) is 10.1. The predicted octanol–water partition coefficient (Wildman–Crippen LogP) is 1.93. The molecule has 1 aliphatic rings. The van der Waals surface area contributed by atoms with Crippen molar-refractivity contribution in [1.29, 1.82) is 0 Å². The van der Waals surface area contributed by atoms with E-state index in [0.29, 0.717) is 31.8 Å². The normalized spacial score (nSPS) is 19.3. The molecule has 2 rings (SSSR count). The SMILES string of the molecule is CCC1CN(CC(=O)Nc2ccc(OC)cc2)CCC1=O. The Morgan fingerprint density at radius 1 is 1.38 bits per heavy atom. The summed E-state index contributed by atoms with van der Waals surface area (Å²) in [5.74, 6) is 1.11. The summed E-state index contributed by atoms with van der Waals surface area (Å²) in [4.78, 5) is 25.8. The molecule has 1 N–H and O–H groups in total. The van der Waals surface area contributed by atoms with E-state index in [1.807, 2.05) is 31.2 Å². The van der Waals surface area contributed by atoms with E-state index in [4.69, 9.17) is 4.74 Å². The average Bonchev–Trinajstić information content (AvgIpc) is 2.50. The highest BCUT2D eigenvalue weighted by Crippen LogP contribution is 2.17. The van der Waals surface area contributed by atoms with Crippen molar-refractivity contribution in [3.05, 3.63) is 24.3 Å². The Balaban J connectivity index is 1.85. The lowest BCUT2D eigenvalue weighted by Gasteiger charge is -2.30. The number of hydrogen-bond acceptors (Lipinski definition) is 4. The van der Waals surface area contributed by atoms with Gasteiger partial charge in [0.15, 0.2) is 0 Å². The van der Waals surface area contributed by atoms with E-state index < -0.39 is 0 Å². The molecular formula is C16H22N2O3. The Hall–Kier alpha value is -1.88. The van der Waals surface area contributed by atoms with Gasteiger partial charge in [-0.1, -0.05) is 6.92 Å². The molecule has 21 heavy (non-hydrogen) atoms. The zero-order valence-corrected chi connectivity index (χ0v) is 12.6. The van der Waals surface area contributed by atoms with Crippen molar-refractivity contribution in [2.24, 2.45) is 5.92 Å². The van der Waals surface area contributed by atoms with Gasteiger partial charge in [-0.15, -0.1) is 0 Å². The Kier molecular flexibility index (Phi) is 5.33. The summed E-state index contributed by atoms with van der Waals surface area (Å²) in [6.07, 6.45) is 1.39. The number of carbonyl (C=O) groups excluding carboxylic acids is 2. The highest BCUT2D eigenvalue weighted by atomic mass is 16.5. The summed E-state index contributed by atoms with van der Waals surface area (Å²) in [5, 5.41) is 2.86. The van der Waals surface area contributed by atoms with Gasteiger partial charge in [0.05, 0.1) is 13.7 Å². The number of ketones is 1. The number of carbonyl (C=O) groups is 2. The van der Waals surface area contributed by atoms with Crippen LogP contribution in [0.1, 0.15) is 19.8 Å². The van der Waals surface area contributed by atoms with Crippen LogP contribution in [0.25, 0.3) is 0 Å². The van der Waals surface area contributed by atoms with Crippen LogP contribution in [0.2, 0.25) is 0 Å². The second-order valence-corrected chi connectivity index (χ2v) is 5.33. The number of anilines is 1. The van der Waals surface area contributed by atoms with Crippen molar-refractivity contribution >= 4 is 17.4 Å². The number of likely N-dealkylation sites (tertiary alicyclic amines) is 1. The van der Waals surface area contributed by atoms with Gasteiger partial charge < -0.3 is 10.1 Å². The van der Waals surface area contributed by atoms with Gasteiger partial charge in [-0.25, -0.2) is 0 Å². The van der Waals surface area contributed by atoms with Gasteiger partial charge in [0.1, 0.15) is 11.5 Å². The molecule has 1 saturated heterocycles. The summed E-state index contributed by atoms with van der Waals surface area (Å²) < 4.78 is 5.08.